The second kappa shape index (κ2) is 6.96. The Morgan fingerprint density at radius 1 is 1.38 bits per heavy atom. The summed E-state index contributed by atoms with van der Waals surface area (Å²) in [5, 5.41) is 12.8. The van der Waals surface area contributed by atoms with Gasteiger partial charge in [0.2, 0.25) is 5.95 Å². The SMILES string of the molecule is O=C(Nc1cccc(CNc2nc3[nH]ncc3c(=O)[nH]2)c1)C1CCCO1. The average Bonchev–Trinajstić information content (AvgIpc) is 3.32. The number of fused-ring (bicyclic) bond motifs is 1. The Labute approximate surface area is 148 Å². The Balaban J connectivity index is 1.43. The van der Waals surface area contributed by atoms with Gasteiger partial charge in [0.1, 0.15) is 11.5 Å². The molecule has 26 heavy (non-hydrogen) atoms. The zero-order chi connectivity index (χ0) is 17.9. The molecular formula is C17H18N6O3. The molecule has 9 nitrogen and oxygen atoms in total. The van der Waals surface area contributed by atoms with Gasteiger partial charge in [-0.3, -0.25) is 19.7 Å². The highest BCUT2D eigenvalue weighted by Gasteiger charge is 2.23. The maximum absolute atomic E-state index is 12.1. The molecule has 0 saturated carbocycles. The zero-order valence-electron chi connectivity index (χ0n) is 13.9. The average molecular weight is 354 g/mol. The molecule has 0 bridgehead atoms. The lowest BCUT2D eigenvalue weighted by atomic mass is 10.2. The molecule has 4 N–H and O–H groups in total. The number of ether oxygens (including phenoxy) is 1. The molecule has 2 aromatic heterocycles. The van der Waals surface area contributed by atoms with Crippen molar-refractivity contribution in [3.05, 3.63) is 46.4 Å². The topological polar surface area (TPSA) is 125 Å². The summed E-state index contributed by atoms with van der Waals surface area (Å²) in [7, 11) is 0. The van der Waals surface area contributed by atoms with Crippen molar-refractivity contribution in [1.29, 1.82) is 0 Å². The van der Waals surface area contributed by atoms with E-state index in [-0.39, 0.29) is 17.6 Å². The van der Waals surface area contributed by atoms with Crippen LogP contribution in [-0.2, 0) is 16.1 Å². The molecule has 1 aromatic carbocycles. The van der Waals surface area contributed by atoms with Crippen LogP contribution in [0.5, 0.6) is 0 Å². The normalized spacial score (nSPS) is 16.7. The number of carbonyl (C=O) groups is 1. The highest BCUT2D eigenvalue weighted by atomic mass is 16.5. The van der Waals surface area contributed by atoms with Crippen molar-refractivity contribution in [2.75, 3.05) is 17.2 Å². The van der Waals surface area contributed by atoms with Crippen LogP contribution in [-0.4, -0.2) is 38.8 Å². The summed E-state index contributed by atoms with van der Waals surface area (Å²) in [5.41, 5.74) is 1.80. The number of aromatic nitrogens is 4. The van der Waals surface area contributed by atoms with Crippen molar-refractivity contribution in [3.63, 3.8) is 0 Å². The summed E-state index contributed by atoms with van der Waals surface area (Å²) in [5.74, 6) is 0.226. The lowest BCUT2D eigenvalue weighted by molar-refractivity contribution is -0.124. The maximum atomic E-state index is 12.1. The van der Waals surface area contributed by atoms with Crippen LogP contribution in [0, 0.1) is 0 Å². The number of benzene rings is 1. The van der Waals surface area contributed by atoms with E-state index in [1.54, 1.807) is 0 Å². The van der Waals surface area contributed by atoms with E-state index in [4.69, 9.17) is 4.74 Å². The van der Waals surface area contributed by atoms with Gasteiger partial charge in [-0.2, -0.15) is 10.1 Å². The molecule has 0 spiro atoms. The van der Waals surface area contributed by atoms with Gasteiger partial charge in [-0.15, -0.1) is 0 Å². The molecule has 0 radical (unpaired) electrons. The lowest BCUT2D eigenvalue weighted by Crippen LogP contribution is -2.26. The molecule has 1 unspecified atom stereocenters. The number of carbonyl (C=O) groups excluding carboxylic acids is 1. The molecular weight excluding hydrogens is 336 g/mol. The summed E-state index contributed by atoms with van der Waals surface area (Å²) < 4.78 is 5.39. The standard InChI is InChI=1S/C17H18N6O3/c24-15-12-9-19-23-14(12)21-17(22-15)18-8-10-3-1-4-11(7-10)20-16(25)13-5-2-6-26-13/h1,3-4,7,9,13H,2,5-6,8H2,(H,20,25)(H3,18,19,21,22,23,24). The van der Waals surface area contributed by atoms with E-state index in [1.807, 2.05) is 24.3 Å². The van der Waals surface area contributed by atoms with Crippen LogP contribution in [0.25, 0.3) is 11.0 Å². The van der Waals surface area contributed by atoms with Gasteiger partial charge in [0, 0.05) is 18.8 Å². The molecule has 4 rings (SSSR count). The first-order valence-corrected chi connectivity index (χ1v) is 8.38. The Bertz CT molecular complexity index is 989. The number of amides is 1. The van der Waals surface area contributed by atoms with E-state index < -0.39 is 0 Å². The van der Waals surface area contributed by atoms with Crippen LogP contribution < -0.4 is 16.2 Å². The molecule has 3 heterocycles. The largest absolute Gasteiger partial charge is 0.368 e. The first kappa shape index (κ1) is 16.3. The number of anilines is 2. The van der Waals surface area contributed by atoms with E-state index >= 15 is 0 Å². The smallest absolute Gasteiger partial charge is 0.263 e. The van der Waals surface area contributed by atoms with Gasteiger partial charge < -0.3 is 15.4 Å². The van der Waals surface area contributed by atoms with E-state index in [2.05, 4.69) is 30.8 Å². The van der Waals surface area contributed by atoms with Crippen molar-refractivity contribution in [1.82, 2.24) is 20.2 Å². The van der Waals surface area contributed by atoms with Crippen LogP contribution in [0.2, 0.25) is 0 Å². The van der Waals surface area contributed by atoms with E-state index in [1.165, 1.54) is 6.20 Å². The second-order valence-electron chi connectivity index (χ2n) is 6.09. The van der Waals surface area contributed by atoms with Crippen molar-refractivity contribution in [2.45, 2.75) is 25.5 Å². The van der Waals surface area contributed by atoms with Gasteiger partial charge in [0.05, 0.1) is 6.20 Å². The zero-order valence-corrected chi connectivity index (χ0v) is 13.9. The van der Waals surface area contributed by atoms with E-state index in [9.17, 15) is 9.59 Å². The summed E-state index contributed by atoms with van der Waals surface area (Å²) in [6, 6.07) is 7.47. The number of hydrogen-bond donors (Lipinski definition) is 4. The Hall–Kier alpha value is -3.20. The molecule has 1 amide bonds. The second-order valence-corrected chi connectivity index (χ2v) is 6.09. The van der Waals surface area contributed by atoms with Gasteiger partial charge in [-0.05, 0) is 30.5 Å². The van der Waals surface area contributed by atoms with E-state index in [0.717, 1.165) is 18.4 Å². The van der Waals surface area contributed by atoms with Crippen molar-refractivity contribution in [3.8, 4) is 0 Å². The Morgan fingerprint density at radius 3 is 3.15 bits per heavy atom. The predicted octanol–water partition coefficient (Wildman–Crippen LogP) is 1.38. The molecule has 3 aromatic rings. The third-order valence-corrected chi connectivity index (χ3v) is 4.20. The molecule has 1 fully saturated rings. The van der Waals surface area contributed by atoms with Gasteiger partial charge in [-0.1, -0.05) is 12.1 Å². The number of H-pyrrole nitrogens is 2. The van der Waals surface area contributed by atoms with Crippen molar-refractivity contribution < 1.29 is 9.53 Å². The summed E-state index contributed by atoms with van der Waals surface area (Å²) >= 11 is 0. The van der Waals surface area contributed by atoms with Crippen LogP contribution in [0.4, 0.5) is 11.6 Å². The molecule has 1 aliphatic rings. The Morgan fingerprint density at radius 2 is 2.31 bits per heavy atom. The minimum atomic E-state index is -0.368. The summed E-state index contributed by atoms with van der Waals surface area (Å²) in [4.78, 5) is 31.0. The number of aromatic amines is 2. The van der Waals surface area contributed by atoms with Crippen LogP contribution in [0.1, 0.15) is 18.4 Å². The van der Waals surface area contributed by atoms with Gasteiger partial charge in [0.15, 0.2) is 5.65 Å². The number of nitrogens with zero attached hydrogens (tertiary/aromatic N) is 2. The van der Waals surface area contributed by atoms with Crippen LogP contribution in [0.3, 0.4) is 0 Å². The fraction of sp³-hybridized carbons (Fsp3) is 0.294. The highest BCUT2D eigenvalue weighted by Crippen LogP contribution is 2.16. The summed E-state index contributed by atoms with van der Waals surface area (Å²) in [6.45, 7) is 1.07. The first-order valence-electron chi connectivity index (χ1n) is 8.38. The lowest BCUT2D eigenvalue weighted by Gasteiger charge is -2.12. The molecule has 1 atom stereocenters. The van der Waals surface area contributed by atoms with Gasteiger partial charge >= 0.3 is 0 Å². The third-order valence-electron chi connectivity index (χ3n) is 4.20. The monoisotopic (exact) mass is 354 g/mol. The number of nitrogens with one attached hydrogen (secondary N) is 4. The molecule has 1 aliphatic heterocycles. The fourth-order valence-electron chi connectivity index (χ4n) is 2.88. The van der Waals surface area contributed by atoms with Crippen LogP contribution >= 0.6 is 0 Å². The first-order chi connectivity index (χ1) is 12.7. The van der Waals surface area contributed by atoms with Crippen molar-refractivity contribution >= 4 is 28.6 Å². The maximum Gasteiger partial charge on any atom is 0.263 e. The Kier molecular flexibility index (Phi) is 4.36. The number of hydrogen-bond acceptors (Lipinski definition) is 6. The third kappa shape index (κ3) is 3.42. The van der Waals surface area contributed by atoms with E-state index in [0.29, 0.717) is 35.8 Å². The van der Waals surface area contributed by atoms with Gasteiger partial charge in [-0.25, -0.2) is 0 Å². The molecule has 134 valence electrons. The molecule has 9 heteroatoms. The van der Waals surface area contributed by atoms with Gasteiger partial charge in [0.25, 0.3) is 11.5 Å². The minimum Gasteiger partial charge on any atom is -0.368 e. The fourth-order valence-corrected chi connectivity index (χ4v) is 2.88. The molecule has 1 saturated heterocycles. The molecule has 0 aliphatic carbocycles. The quantitative estimate of drug-likeness (QED) is 0.548. The van der Waals surface area contributed by atoms with Crippen molar-refractivity contribution in [2.24, 2.45) is 0 Å². The highest BCUT2D eigenvalue weighted by molar-refractivity contribution is 5.94. The minimum absolute atomic E-state index is 0.122. The predicted molar refractivity (Wildman–Crippen MR) is 95.9 cm³/mol. The van der Waals surface area contributed by atoms with Crippen LogP contribution in [0.15, 0.2) is 35.3 Å². The summed E-state index contributed by atoms with van der Waals surface area (Å²) in [6.07, 6.45) is 2.73. The number of rotatable bonds is 5.